The molecule has 4 nitrogen and oxygen atoms in total. The van der Waals surface area contributed by atoms with E-state index in [9.17, 15) is 4.79 Å². The lowest BCUT2D eigenvalue weighted by Gasteiger charge is -2.11. The topological polar surface area (TPSA) is 46.9 Å². The maximum atomic E-state index is 12.0. The minimum absolute atomic E-state index is 0.116. The number of benzene rings is 1. The third-order valence-corrected chi connectivity index (χ3v) is 3.41. The zero-order valence-electron chi connectivity index (χ0n) is 9.60. The van der Waals surface area contributed by atoms with Crippen LogP contribution in [0, 0.1) is 5.92 Å². The molecule has 4 heteroatoms. The number of aromatic nitrogens is 2. The molecule has 1 aliphatic rings. The Bertz CT molecular complexity index is 540. The van der Waals surface area contributed by atoms with Gasteiger partial charge in [-0.15, -0.1) is 0 Å². The summed E-state index contributed by atoms with van der Waals surface area (Å²) < 4.78 is 1.72. The molecule has 1 N–H and O–H groups in total. The monoisotopic (exact) mass is 229 g/mol. The predicted molar refractivity (Wildman–Crippen MR) is 66.1 cm³/mol. The number of para-hydroxylation sites is 2. The highest BCUT2D eigenvalue weighted by atomic mass is 16.2. The largest absolute Gasteiger partial charge is 0.273 e. The van der Waals surface area contributed by atoms with Gasteiger partial charge in [0.2, 0.25) is 5.91 Å². The summed E-state index contributed by atoms with van der Waals surface area (Å²) in [6.07, 6.45) is 6.03. The standard InChI is InChI=1S/C13H15N3O/c17-13(10-5-1-2-6-10)15-16-9-14-11-7-3-4-8-12(11)16/h3-4,7-10H,1-2,5-6H2,(H,15,17). The quantitative estimate of drug-likeness (QED) is 0.858. The van der Waals surface area contributed by atoms with E-state index in [2.05, 4.69) is 10.4 Å². The minimum atomic E-state index is 0.116. The maximum Gasteiger partial charge on any atom is 0.241 e. The second-order valence-electron chi connectivity index (χ2n) is 4.56. The molecule has 0 saturated heterocycles. The van der Waals surface area contributed by atoms with Crippen molar-refractivity contribution in [3.05, 3.63) is 30.6 Å². The van der Waals surface area contributed by atoms with Crippen LogP contribution >= 0.6 is 0 Å². The Morgan fingerprint density at radius 3 is 2.88 bits per heavy atom. The molecule has 0 radical (unpaired) electrons. The van der Waals surface area contributed by atoms with E-state index in [0.29, 0.717) is 0 Å². The zero-order valence-corrected chi connectivity index (χ0v) is 9.60. The van der Waals surface area contributed by atoms with Gasteiger partial charge in [0, 0.05) is 5.92 Å². The van der Waals surface area contributed by atoms with Crippen molar-refractivity contribution in [1.82, 2.24) is 9.66 Å². The van der Waals surface area contributed by atoms with E-state index in [4.69, 9.17) is 0 Å². The number of carbonyl (C=O) groups is 1. The van der Waals surface area contributed by atoms with Gasteiger partial charge in [-0.1, -0.05) is 25.0 Å². The lowest BCUT2D eigenvalue weighted by molar-refractivity contribution is -0.120. The Labute approximate surface area is 99.6 Å². The number of carbonyl (C=O) groups excluding carboxylic acids is 1. The van der Waals surface area contributed by atoms with E-state index < -0.39 is 0 Å². The summed E-state index contributed by atoms with van der Waals surface area (Å²) in [6.45, 7) is 0. The third-order valence-electron chi connectivity index (χ3n) is 3.41. The summed E-state index contributed by atoms with van der Waals surface area (Å²) >= 11 is 0. The van der Waals surface area contributed by atoms with Crippen molar-refractivity contribution in [1.29, 1.82) is 0 Å². The highest BCUT2D eigenvalue weighted by Crippen LogP contribution is 2.25. The molecule has 88 valence electrons. The molecule has 0 spiro atoms. The molecule has 0 aliphatic heterocycles. The Kier molecular flexibility index (Phi) is 2.55. The van der Waals surface area contributed by atoms with Crippen molar-refractivity contribution in [3.63, 3.8) is 0 Å². The van der Waals surface area contributed by atoms with E-state index in [1.54, 1.807) is 11.0 Å². The molecular weight excluding hydrogens is 214 g/mol. The highest BCUT2D eigenvalue weighted by Gasteiger charge is 2.22. The number of hydrogen-bond acceptors (Lipinski definition) is 2. The van der Waals surface area contributed by atoms with Crippen molar-refractivity contribution in [2.75, 3.05) is 5.43 Å². The summed E-state index contributed by atoms with van der Waals surface area (Å²) in [7, 11) is 0. The molecule has 0 atom stereocenters. The molecule has 3 rings (SSSR count). The van der Waals surface area contributed by atoms with Gasteiger partial charge >= 0.3 is 0 Å². The predicted octanol–water partition coefficient (Wildman–Crippen LogP) is 2.30. The average molecular weight is 229 g/mol. The Morgan fingerprint density at radius 1 is 1.29 bits per heavy atom. The molecule has 1 saturated carbocycles. The summed E-state index contributed by atoms with van der Waals surface area (Å²) in [5.41, 5.74) is 4.77. The number of hydrogen-bond donors (Lipinski definition) is 1. The molecule has 1 heterocycles. The Morgan fingerprint density at radius 2 is 2.06 bits per heavy atom. The Hall–Kier alpha value is -1.84. The van der Waals surface area contributed by atoms with Gasteiger partial charge in [-0.25, -0.2) is 9.66 Å². The number of amides is 1. The smallest absolute Gasteiger partial charge is 0.241 e. The van der Waals surface area contributed by atoms with Crippen LogP contribution in [0.1, 0.15) is 25.7 Å². The van der Waals surface area contributed by atoms with Crippen LogP contribution in [0.25, 0.3) is 11.0 Å². The van der Waals surface area contributed by atoms with Crippen LogP contribution in [0.5, 0.6) is 0 Å². The lowest BCUT2D eigenvalue weighted by Crippen LogP contribution is -2.27. The van der Waals surface area contributed by atoms with E-state index in [0.717, 1.165) is 23.9 Å². The fourth-order valence-corrected chi connectivity index (χ4v) is 2.45. The first-order valence-electron chi connectivity index (χ1n) is 6.07. The highest BCUT2D eigenvalue weighted by molar-refractivity contribution is 5.88. The first kappa shape index (κ1) is 10.3. The molecule has 0 unspecified atom stereocenters. The molecule has 1 amide bonds. The van der Waals surface area contributed by atoms with Crippen LogP contribution in [0.4, 0.5) is 0 Å². The van der Waals surface area contributed by atoms with Gasteiger partial charge in [-0.05, 0) is 25.0 Å². The van der Waals surface area contributed by atoms with Gasteiger partial charge in [-0.3, -0.25) is 10.2 Å². The van der Waals surface area contributed by atoms with E-state index in [1.165, 1.54) is 12.8 Å². The van der Waals surface area contributed by atoms with Crippen LogP contribution in [-0.2, 0) is 4.79 Å². The van der Waals surface area contributed by atoms with Crippen LogP contribution in [0.3, 0.4) is 0 Å². The number of rotatable bonds is 2. The van der Waals surface area contributed by atoms with Crippen molar-refractivity contribution >= 4 is 16.9 Å². The van der Waals surface area contributed by atoms with Crippen LogP contribution in [-0.4, -0.2) is 15.6 Å². The zero-order chi connectivity index (χ0) is 11.7. The van der Waals surface area contributed by atoms with Gasteiger partial charge in [0.1, 0.15) is 6.33 Å². The van der Waals surface area contributed by atoms with Crippen molar-refractivity contribution in [2.24, 2.45) is 5.92 Å². The summed E-state index contributed by atoms with van der Waals surface area (Å²) in [6, 6.07) is 7.78. The van der Waals surface area contributed by atoms with Crippen molar-refractivity contribution in [3.8, 4) is 0 Å². The second-order valence-corrected chi connectivity index (χ2v) is 4.56. The summed E-state index contributed by atoms with van der Waals surface area (Å²) in [5, 5.41) is 0. The normalized spacial score (nSPS) is 16.5. The van der Waals surface area contributed by atoms with Gasteiger partial charge in [-0.2, -0.15) is 0 Å². The molecule has 17 heavy (non-hydrogen) atoms. The van der Waals surface area contributed by atoms with E-state index in [-0.39, 0.29) is 11.8 Å². The van der Waals surface area contributed by atoms with Crippen LogP contribution in [0.15, 0.2) is 30.6 Å². The molecule has 1 aliphatic carbocycles. The molecular formula is C13H15N3O. The van der Waals surface area contributed by atoms with Gasteiger partial charge in [0.05, 0.1) is 11.0 Å². The van der Waals surface area contributed by atoms with Gasteiger partial charge < -0.3 is 0 Å². The third kappa shape index (κ3) is 1.90. The van der Waals surface area contributed by atoms with Gasteiger partial charge in [0.25, 0.3) is 0 Å². The SMILES string of the molecule is O=C(Nn1cnc2ccccc21)C1CCCC1. The number of nitrogens with zero attached hydrogens (tertiary/aromatic N) is 2. The van der Waals surface area contributed by atoms with Gasteiger partial charge in [0.15, 0.2) is 0 Å². The number of nitrogens with one attached hydrogen (secondary N) is 1. The summed E-state index contributed by atoms with van der Waals surface area (Å²) in [5.74, 6) is 0.293. The van der Waals surface area contributed by atoms with Crippen molar-refractivity contribution in [2.45, 2.75) is 25.7 Å². The van der Waals surface area contributed by atoms with E-state index in [1.807, 2.05) is 24.3 Å². The van der Waals surface area contributed by atoms with Crippen LogP contribution in [0.2, 0.25) is 0 Å². The maximum absolute atomic E-state index is 12.0. The molecule has 1 aromatic heterocycles. The Balaban J connectivity index is 1.82. The van der Waals surface area contributed by atoms with E-state index >= 15 is 0 Å². The molecule has 1 fully saturated rings. The average Bonchev–Trinajstić information content (AvgIpc) is 2.98. The fourth-order valence-electron chi connectivity index (χ4n) is 2.45. The first-order valence-corrected chi connectivity index (χ1v) is 6.07. The second kappa shape index (κ2) is 4.20. The fraction of sp³-hybridized carbons (Fsp3) is 0.385. The van der Waals surface area contributed by atoms with Crippen molar-refractivity contribution < 1.29 is 4.79 Å². The molecule has 0 bridgehead atoms. The summed E-state index contributed by atoms with van der Waals surface area (Å²) in [4.78, 5) is 16.2. The lowest BCUT2D eigenvalue weighted by atomic mass is 10.1. The van der Waals surface area contributed by atoms with Crippen LogP contribution < -0.4 is 5.43 Å². The minimum Gasteiger partial charge on any atom is -0.273 e. The number of imidazole rings is 1. The number of fused-ring (bicyclic) bond motifs is 1. The molecule has 1 aromatic carbocycles. The first-order chi connectivity index (χ1) is 8.34. The molecule has 2 aromatic rings.